The Balaban J connectivity index is 1.51. The fourth-order valence-corrected chi connectivity index (χ4v) is 2.46. The van der Waals surface area contributed by atoms with Crippen LogP contribution in [0.25, 0.3) is 0 Å². The lowest BCUT2D eigenvalue weighted by atomic mass is 10.1. The monoisotopic (exact) mass is 339 g/mol. The summed E-state index contributed by atoms with van der Waals surface area (Å²) in [5.74, 6) is 1.39. The van der Waals surface area contributed by atoms with Crippen LogP contribution in [0.1, 0.15) is 11.1 Å². The van der Waals surface area contributed by atoms with Gasteiger partial charge in [-0.15, -0.1) is 0 Å². The quantitative estimate of drug-likeness (QED) is 0.685. The first-order chi connectivity index (χ1) is 11.8. The summed E-state index contributed by atoms with van der Waals surface area (Å²) in [6, 6.07) is 13.6. The highest BCUT2D eigenvalue weighted by Gasteiger charge is 2.00. The number of halogens is 1. The van der Waals surface area contributed by atoms with E-state index in [2.05, 4.69) is 31.7 Å². The second kappa shape index (κ2) is 8.26. The molecule has 0 spiro atoms. The van der Waals surface area contributed by atoms with Crippen LogP contribution >= 0.6 is 11.6 Å². The highest BCUT2D eigenvalue weighted by molar-refractivity contribution is 6.30. The van der Waals surface area contributed by atoms with Gasteiger partial charge in [0.05, 0.1) is 0 Å². The summed E-state index contributed by atoms with van der Waals surface area (Å²) in [4.78, 5) is 12.7. The average Bonchev–Trinajstić information content (AvgIpc) is 2.61. The van der Waals surface area contributed by atoms with Gasteiger partial charge in [0.25, 0.3) is 0 Å². The highest BCUT2D eigenvalue weighted by Crippen LogP contribution is 2.12. The average molecular weight is 340 g/mol. The summed E-state index contributed by atoms with van der Waals surface area (Å²) in [5.41, 5.74) is 2.33. The van der Waals surface area contributed by atoms with Gasteiger partial charge in [0.2, 0.25) is 5.95 Å². The molecule has 2 N–H and O–H groups in total. The van der Waals surface area contributed by atoms with Crippen molar-refractivity contribution in [2.75, 3.05) is 17.2 Å². The van der Waals surface area contributed by atoms with Crippen molar-refractivity contribution < 1.29 is 0 Å². The van der Waals surface area contributed by atoms with E-state index in [1.54, 1.807) is 18.6 Å². The molecule has 2 heterocycles. The molecule has 0 atom stereocenters. The summed E-state index contributed by atoms with van der Waals surface area (Å²) < 4.78 is 0. The predicted octanol–water partition coefficient (Wildman–Crippen LogP) is 3.79. The third kappa shape index (κ3) is 4.93. The molecule has 0 saturated heterocycles. The Labute approximate surface area is 146 Å². The van der Waals surface area contributed by atoms with Gasteiger partial charge in [-0.2, -0.15) is 4.98 Å². The van der Waals surface area contributed by atoms with Gasteiger partial charge in [-0.05, 0) is 47.9 Å². The molecule has 0 aliphatic heterocycles. The Hall–Kier alpha value is -2.66. The SMILES string of the molecule is Clc1cccc(CCNc2nccc(NCc3ccncc3)n2)c1. The standard InChI is InChI=1S/C18H18ClN5/c19-16-3-1-2-14(12-16)6-10-21-18-22-11-7-17(24-18)23-13-15-4-8-20-9-5-15/h1-5,7-9,11-12H,6,10,13H2,(H2,21,22,23,24). The first kappa shape index (κ1) is 16.2. The molecule has 0 bridgehead atoms. The number of hydrogen-bond donors (Lipinski definition) is 2. The molecule has 5 nitrogen and oxygen atoms in total. The van der Waals surface area contributed by atoms with E-state index >= 15 is 0 Å². The molecule has 0 unspecified atom stereocenters. The van der Waals surface area contributed by atoms with Gasteiger partial charge in [-0.3, -0.25) is 4.98 Å². The van der Waals surface area contributed by atoms with Crippen molar-refractivity contribution in [1.82, 2.24) is 15.0 Å². The van der Waals surface area contributed by atoms with E-state index in [9.17, 15) is 0 Å². The Morgan fingerprint density at radius 1 is 0.917 bits per heavy atom. The van der Waals surface area contributed by atoms with Crippen LogP contribution in [0.3, 0.4) is 0 Å². The number of nitrogens with zero attached hydrogens (tertiary/aromatic N) is 3. The molecule has 3 rings (SSSR count). The summed E-state index contributed by atoms with van der Waals surface area (Å²) in [6.07, 6.45) is 6.15. The molecule has 3 aromatic rings. The predicted molar refractivity (Wildman–Crippen MR) is 97.2 cm³/mol. The van der Waals surface area contributed by atoms with E-state index in [4.69, 9.17) is 11.6 Å². The van der Waals surface area contributed by atoms with Crippen LogP contribution in [0.4, 0.5) is 11.8 Å². The first-order valence-corrected chi connectivity index (χ1v) is 8.11. The molecule has 0 aliphatic carbocycles. The van der Waals surface area contributed by atoms with Crippen LogP contribution < -0.4 is 10.6 Å². The lowest BCUT2D eigenvalue weighted by Crippen LogP contribution is -2.09. The number of pyridine rings is 1. The van der Waals surface area contributed by atoms with E-state index in [1.165, 1.54) is 5.56 Å². The van der Waals surface area contributed by atoms with Crippen molar-refractivity contribution in [1.29, 1.82) is 0 Å². The molecular weight excluding hydrogens is 322 g/mol. The zero-order valence-corrected chi connectivity index (χ0v) is 13.9. The van der Waals surface area contributed by atoms with Crippen molar-refractivity contribution in [3.05, 3.63) is 77.2 Å². The summed E-state index contributed by atoms with van der Waals surface area (Å²) >= 11 is 5.99. The van der Waals surface area contributed by atoms with Crippen molar-refractivity contribution in [2.45, 2.75) is 13.0 Å². The molecule has 0 saturated carbocycles. The van der Waals surface area contributed by atoms with E-state index in [1.807, 2.05) is 36.4 Å². The first-order valence-electron chi connectivity index (χ1n) is 7.74. The Bertz CT molecular complexity index is 779. The van der Waals surface area contributed by atoms with Crippen molar-refractivity contribution in [3.8, 4) is 0 Å². The maximum Gasteiger partial charge on any atom is 0.224 e. The number of anilines is 2. The molecule has 1 aromatic carbocycles. The largest absolute Gasteiger partial charge is 0.366 e. The number of rotatable bonds is 7. The smallest absolute Gasteiger partial charge is 0.224 e. The number of aromatic nitrogens is 3. The summed E-state index contributed by atoms with van der Waals surface area (Å²) in [5, 5.41) is 7.27. The van der Waals surface area contributed by atoms with Gasteiger partial charge in [-0.25, -0.2) is 4.98 Å². The lowest BCUT2D eigenvalue weighted by molar-refractivity contribution is 0.979. The maximum absolute atomic E-state index is 5.99. The van der Waals surface area contributed by atoms with Crippen LogP contribution in [-0.2, 0) is 13.0 Å². The van der Waals surface area contributed by atoms with Crippen molar-refractivity contribution in [2.24, 2.45) is 0 Å². The third-order valence-corrected chi connectivity index (χ3v) is 3.70. The fourth-order valence-electron chi connectivity index (χ4n) is 2.25. The Morgan fingerprint density at radius 3 is 2.62 bits per heavy atom. The molecule has 2 aromatic heterocycles. The van der Waals surface area contributed by atoms with E-state index < -0.39 is 0 Å². The van der Waals surface area contributed by atoms with Crippen LogP contribution in [-0.4, -0.2) is 21.5 Å². The van der Waals surface area contributed by atoms with Crippen molar-refractivity contribution in [3.63, 3.8) is 0 Å². The van der Waals surface area contributed by atoms with Gasteiger partial charge in [0, 0.05) is 36.7 Å². The maximum atomic E-state index is 5.99. The highest BCUT2D eigenvalue weighted by atomic mass is 35.5. The molecule has 0 aliphatic rings. The molecule has 0 radical (unpaired) electrons. The number of benzene rings is 1. The van der Waals surface area contributed by atoms with Crippen LogP contribution in [0.15, 0.2) is 61.1 Å². The minimum atomic E-state index is 0.608. The zero-order valence-electron chi connectivity index (χ0n) is 13.1. The van der Waals surface area contributed by atoms with Gasteiger partial charge < -0.3 is 10.6 Å². The van der Waals surface area contributed by atoms with Crippen LogP contribution in [0.5, 0.6) is 0 Å². The van der Waals surface area contributed by atoms with Crippen LogP contribution in [0.2, 0.25) is 5.02 Å². The lowest BCUT2D eigenvalue weighted by Gasteiger charge is -2.08. The second-order valence-electron chi connectivity index (χ2n) is 5.28. The minimum Gasteiger partial charge on any atom is -0.366 e. The van der Waals surface area contributed by atoms with E-state index in [-0.39, 0.29) is 0 Å². The normalized spacial score (nSPS) is 10.4. The molecule has 24 heavy (non-hydrogen) atoms. The van der Waals surface area contributed by atoms with Crippen LogP contribution in [0, 0.1) is 0 Å². The third-order valence-electron chi connectivity index (χ3n) is 3.46. The van der Waals surface area contributed by atoms with E-state index in [0.717, 1.165) is 29.4 Å². The van der Waals surface area contributed by atoms with Gasteiger partial charge in [0.15, 0.2) is 0 Å². The van der Waals surface area contributed by atoms with Crippen molar-refractivity contribution >= 4 is 23.4 Å². The molecule has 0 amide bonds. The Morgan fingerprint density at radius 2 is 1.79 bits per heavy atom. The second-order valence-corrected chi connectivity index (χ2v) is 5.72. The molecule has 6 heteroatoms. The summed E-state index contributed by atoms with van der Waals surface area (Å²) in [6.45, 7) is 1.44. The number of hydrogen-bond acceptors (Lipinski definition) is 5. The molecule has 122 valence electrons. The molecular formula is C18H18ClN5. The zero-order chi connectivity index (χ0) is 16.6. The van der Waals surface area contributed by atoms with Gasteiger partial charge in [-0.1, -0.05) is 23.7 Å². The van der Waals surface area contributed by atoms with E-state index in [0.29, 0.717) is 12.5 Å². The minimum absolute atomic E-state index is 0.608. The van der Waals surface area contributed by atoms with Gasteiger partial charge in [0.1, 0.15) is 5.82 Å². The Kier molecular flexibility index (Phi) is 5.58. The van der Waals surface area contributed by atoms with Gasteiger partial charge >= 0.3 is 0 Å². The summed E-state index contributed by atoms with van der Waals surface area (Å²) in [7, 11) is 0. The fraction of sp³-hybridized carbons (Fsp3) is 0.167. The number of nitrogens with one attached hydrogen (secondary N) is 2. The molecule has 0 fully saturated rings. The topological polar surface area (TPSA) is 62.7 Å².